The monoisotopic (exact) mass is 412 g/mol. The van der Waals surface area contributed by atoms with E-state index in [4.69, 9.17) is 9.88 Å². The van der Waals surface area contributed by atoms with E-state index < -0.39 is 33.8 Å². The molecule has 2 aromatic rings. The lowest BCUT2D eigenvalue weighted by Gasteiger charge is -2.14. The van der Waals surface area contributed by atoms with E-state index in [1.165, 1.54) is 49.4 Å². The Labute approximate surface area is 160 Å². The summed E-state index contributed by atoms with van der Waals surface area (Å²) in [6.45, 7) is 1.37. The highest BCUT2D eigenvalue weighted by Crippen LogP contribution is 2.21. The van der Waals surface area contributed by atoms with E-state index in [2.05, 4.69) is 5.32 Å². The van der Waals surface area contributed by atoms with Crippen molar-refractivity contribution in [1.29, 1.82) is 0 Å². The summed E-state index contributed by atoms with van der Waals surface area (Å²) in [6, 6.07) is 11.3. The van der Waals surface area contributed by atoms with Crippen molar-refractivity contribution in [1.82, 2.24) is 0 Å². The largest absolute Gasteiger partial charge is 0.452 e. The maximum atomic E-state index is 13.5. The molecule has 7 nitrogen and oxygen atoms in total. The van der Waals surface area contributed by atoms with Crippen molar-refractivity contribution in [3.05, 3.63) is 54.3 Å². The van der Waals surface area contributed by atoms with Crippen LogP contribution in [0.4, 0.5) is 10.1 Å². The zero-order chi connectivity index (χ0) is 20.0. The molecule has 0 radical (unpaired) electrons. The van der Waals surface area contributed by atoms with E-state index >= 15 is 0 Å². The van der Waals surface area contributed by atoms with Crippen LogP contribution in [0.3, 0.4) is 0 Å². The number of esters is 1. The van der Waals surface area contributed by atoms with Gasteiger partial charge in [-0.2, -0.15) is 0 Å². The topological polar surface area (TPSA) is 116 Å². The van der Waals surface area contributed by atoms with E-state index in [0.29, 0.717) is 4.90 Å². The molecule has 0 aliphatic heterocycles. The van der Waals surface area contributed by atoms with Gasteiger partial charge in [0.15, 0.2) is 6.10 Å². The first-order valence-corrected chi connectivity index (χ1v) is 10.2. The number of nitrogens with two attached hydrogens (primary N) is 1. The molecule has 1 atom stereocenters. The summed E-state index contributed by atoms with van der Waals surface area (Å²) in [7, 11) is -3.91. The van der Waals surface area contributed by atoms with Crippen LogP contribution >= 0.6 is 11.8 Å². The second-order valence-electron chi connectivity index (χ2n) is 5.41. The number of hydrogen-bond acceptors (Lipinski definition) is 6. The number of rotatable bonds is 7. The van der Waals surface area contributed by atoms with Gasteiger partial charge in [0.25, 0.3) is 5.91 Å². The van der Waals surface area contributed by atoms with Crippen LogP contribution in [0.25, 0.3) is 0 Å². The zero-order valence-electron chi connectivity index (χ0n) is 14.2. The quantitative estimate of drug-likeness (QED) is 0.532. The molecule has 0 saturated heterocycles. The molecule has 0 spiro atoms. The maximum Gasteiger partial charge on any atom is 0.317 e. The van der Waals surface area contributed by atoms with Crippen LogP contribution in [0.2, 0.25) is 0 Å². The minimum absolute atomic E-state index is 0.161. The third-order valence-corrected chi connectivity index (χ3v) is 5.22. The molecule has 27 heavy (non-hydrogen) atoms. The molecule has 10 heteroatoms. The zero-order valence-corrected chi connectivity index (χ0v) is 15.8. The molecule has 1 amide bonds. The van der Waals surface area contributed by atoms with Gasteiger partial charge >= 0.3 is 5.97 Å². The Morgan fingerprint density at radius 3 is 2.59 bits per heavy atom. The lowest BCUT2D eigenvalue weighted by molar-refractivity contribution is -0.150. The van der Waals surface area contributed by atoms with E-state index in [1.807, 2.05) is 0 Å². The number of primary sulfonamides is 1. The molecule has 0 aliphatic carbocycles. The summed E-state index contributed by atoms with van der Waals surface area (Å²) in [5, 5.41) is 7.47. The maximum absolute atomic E-state index is 13.5. The van der Waals surface area contributed by atoms with Crippen molar-refractivity contribution in [3.8, 4) is 0 Å². The van der Waals surface area contributed by atoms with Gasteiger partial charge in [-0.1, -0.05) is 18.2 Å². The highest BCUT2D eigenvalue weighted by molar-refractivity contribution is 8.00. The molecule has 0 saturated carbocycles. The van der Waals surface area contributed by atoms with Crippen LogP contribution in [0.15, 0.2) is 58.3 Å². The van der Waals surface area contributed by atoms with Crippen LogP contribution < -0.4 is 10.5 Å². The Balaban J connectivity index is 1.90. The van der Waals surface area contributed by atoms with E-state index in [0.717, 1.165) is 11.8 Å². The number of halogens is 1. The number of sulfonamides is 1. The van der Waals surface area contributed by atoms with Gasteiger partial charge in [-0.3, -0.25) is 9.59 Å². The Hall–Kier alpha value is -2.43. The lowest BCUT2D eigenvalue weighted by Crippen LogP contribution is -2.30. The minimum Gasteiger partial charge on any atom is -0.452 e. The number of anilines is 1. The second kappa shape index (κ2) is 8.98. The Kier molecular flexibility index (Phi) is 6.94. The van der Waals surface area contributed by atoms with Crippen LogP contribution in [-0.4, -0.2) is 32.2 Å². The van der Waals surface area contributed by atoms with Gasteiger partial charge in [0.1, 0.15) is 5.82 Å². The summed E-state index contributed by atoms with van der Waals surface area (Å²) in [4.78, 5) is 24.1. The SMILES string of the molecule is C[C@@H](OC(=O)CSc1ccccc1F)C(=O)Nc1cccc(S(N)(=O)=O)c1. The number of thioether (sulfide) groups is 1. The van der Waals surface area contributed by atoms with Gasteiger partial charge in [-0.05, 0) is 37.3 Å². The highest BCUT2D eigenvalue weighted by Gasteiger charge is 2.19. The van der Waals surface area contributed by atoms with Gasteiger partial charge in [0.2, 0.25) is 10.0 Å². The standard InChI is InChI=1S/C17H17FN2O5S2/c1-11(25-16(21)10-26-15-8-3-2-7-14(15)18)17(22)20-12-5-4-6-13(9-12)27(19,23)24/h2-9,11H,10H2,1H3,(H,20,22)(H2,19,23,24)/t11-/m1/s1. The molecule has 144 valence electrons. The fourth-order valence-electron chi connectivity index (χ4n) is 1.98. The number of carbonyl (C=O) groups excluding carboxylic acids is 2. The molecule has 3 N–H and O–H groups in total. The van der Waals surface area contributed by atoms with Gasteiger partial charge in [-0.15, -0.1) is 11.8 Å². The third-order valence-electron chi connectivity index (χ3n) is 3.29. The molecule has 0 bridgehead atoms. The molecular weight excluding hydrogens is 395 g/mol. The number of carbonyl (C=O) groups is 2. The first-order chi connectivity index (χ1) is 12.7. The van der Waals surface area contributed by atoms with Crippen molar-refractivity contribution in [2.24, 2.45) is 5.14 Å². The summed E-state index contributed by atoms with van der Waals surface area (Å²) in [6.07, 6.45) is -1.13. The molecule has 2 aromatic carbocycles. The van der Waals surface area contributed by atoms with Crippen molar-refractivity contribution in [2.45, 2.75) is 22.8 Å². The number of ether oxygens (including phenoxy) is 1. The van der Waals surface area contributed by atoms with E-state index in [9.17, 15) is 22.4 Å². The Morgan fingerprint density at radius 2 is 1.93 bits per heavy atom. The second-order valence-corrected chi connectivity index (χ2v) is 7.99. The molecule has 0 unspecified atom stereocenters. The number of hydrogen-bond donors (Lipinski definition) is 2. The number of amides is 1. The molecule has 0 aliphatic rings. The van der Waals surface area contributed by atoms with Crippen LogP contribution in [-0.2, 0) is 24.3 Å². The fraction of sp³-hybridized carbons (Fsp3) is 0.176. The molecular formula is C17H17FN2O5S2. The Morgan fingerprint density at radius 1 is 1.22 bits per heavy atom. The number of nitrogens with one attached hydrogen (secondary N) is 1. The van der Waals surface area contributed by atoms with Gasteiger partial charge in [0, 0.05) is 10.6 Å². The first kappa shape index (κ1) is 20.9. The summed E-state index contributed by atoms with van der Waals surface area (Å²) in [5.74, 6) is -1.95. The predicted octanol–water partition coefficient (Wildman–Crippen LogP) is 2.14. The van der Waals surface area contributed by atoms with E-state index in [-0.39, 0.29) is 16.3 Å². The molecule has 0 aromatic heterocycles. The summed E-state index contributed by atoms with van der Waals surface area (Å²) < 4.78 is 41.2. The highest BCUT2D eigenvalue weighted by atomic mass is 32.2. The van der Waals surface area contributed by atoms with Crippen LogP contribution in [0, 0.1) is 5.82 Å². The molecule has 2 rings (SSSR count). The Bertz CT molecular complexity index is 950. The van der Waals surface area contributed by atoms with E-state index in [1.54, 1.807) is 6.07 Å². The molecule has 0 heterocycles. The third kappa shape index (κ3) is 6.35. The smallest absolute Gasteiger partial charge is 0.317 e. The summed E-state index contributed by atoms with van der Waals surface area (Å²) in [5.41, 5.74) is 0.190. The fourth-order valence-corrected chi connectivity index (χ4v) is 3.26. The van der Waals surface area contributed by atoms with Crippen molar-refractivity contribution >= 4 is 39.3 Å². The number of benzene rings is 2. The van der Waals surface area contributed by atoms with Crippen molar-refractivity contribution < 1.29 is 27.1 Å². The first-order valence-electron chi connectivity index (χ1n) is 7.67. The van der Waals surface area contributed by atoms with Crippen molar-refractivity contribution in [3.63, 3.8) is 0 Å². The predicted molar refractivity (Wildman–Crippen MR) is 99.1 cm³/mol. The van der Waals surface area contributed by atoms with Crippen molar-refractivity contribution in [2.75, 3.05) is 11.1 Å². The lowest BCUT2D eigenvalue weighted by atomic mass is 10.3. The molecule has 0 fully saturated rings. The van der Waals surface area contributed by atoms with Gasteiger partial charge < -0.3 is 10.1 Å². The average Bonchev–Trinajstić information content (AvgIpc) is 2.60. The van der Waals surface area contributed by atoms with Crippen LogP contribution in [0.1, 0.15) is 6.92 Å². The van der Waals surface area contributed by atoms with Crippen LogP contribution in [0.5, 0.6) is 0 Å². The minimum atomic E-state index is -3.91. The summed E-state index contributed by atoms with van der Waals surface area (Å²) >= 11 is 0.956. The van der Waals surface area contributed by atoms with Gasteiger partial charge in [-0.25, -0.2) is 17.9 Å². The van der Waals surface area contributed by atoms with Gasteiger partial charge in [0.05, 0.1) is 10.6 Å². The average molecular weight is 412 g/mol. The normalized spacial score (nSPS) is 12.3.